The van der Waals surface area contributed by atoms with Crippen LogP contribution in [0.3, 0.4) is 0 Å². The Morgan fingerprint density at radius 2 is 1.39 bits per heavy atom. The Kier molecular flexibility index (Phi) is 8.69. The highest BCUT2D eigenvalue weighted by Crippen LogP contribution is 2.45. The van der Waals surface area contributed by atoms with Crippen LogP contribution in [0, 0.1) is 12.3 Å². The molecular formula is C52H54N3O+. The van der Waals surface area contributed by atoms with Gasteiger partial charge in [0.1, 0.15) is 11.3 Å². The van der Waals surface area contributed by atoms with Crippen molar-refractivity contribution < 1.29 is 10.4 Å². The Labute approximate surface area is 333 Å². The minimum Gasteiger partial charge on any atom is -0.437 e. The molecule has 0 radical (unpaired) electrons. The largest absolute Gasteiger partial charge is 0.437 e. The van der Waals surface area contributed by atoms with Crippen LogP contribution in [0.1, 0.15) is 109 Å². The number of hydrogen-bond donors (Lipinski definition) is 0. The molecule has 4 nitrogen and oxygen atoms in total. The molecule has 1 fully saturated rings. The average Bonchev–Trinajstić information content (AvgIpc) is 3.73. The zero-order valence-corrected chi connectivity index (χ0v) is 34.2. The van der Waals surface area contributed by atoms with E-state index >= 15 is 0 Å². The molecule has 56 heavy (non-hydrogen) atoms. The number of para-hydroxylation sites is 2. The summed E-state index contributed by atoms with van der Waals surface area (Å²) in [5, 5.41) is 2.08. The van der Waals surface area contributed by atoms with Gasteiger partial charge in [0.25, 0.3) is 5.82 Å². The maximum Gasteiger partial charge on any atom is 0.299 e. The number of nitrogens with zero attached hydrogens (tertiary/aromatic N) is 3. The molecule has 0 amide bonds. The van der Waals surface area contributed by atoms with Crippen molar-refractivity contribution in [2.75, 3.05) is 0 Å². The number of hydrogen-bond acceptors (Lipinski definition) is 2. The van der Waals surface area contributed by atoms with E-state index in [1.165, 1.54) is 27.9 Å². The standard InChI is InChI=1S/C52H54N3O/c1-32(2)42-30-39(36-21-19-35(20-22-36)37-26-28-52(6,7)29-27-37)31-43(33(3)4)48(42)55-46-17-13-12-16-45(46)54(8)51(55)47-34(5)18-23-40-41-24-25-44(38-14-10-9-11-15-38)53-50(41)56-49(40)47/h9-25,30-33,37H,26-29H2,1-8H3/q+1/i37D. The summed E-state index contributed by atoms with van der Waals surface area (Å²) in [4.78, 5) is 5.06. The van der Waals surface area contributed by atoms with Crippen LogP contribution in [-0.4, -0.2) is 9.55 Å². The van der Waals surface area contributed by atoms with E-state index in [2.05, 4.69) is 162 Å². The summed E-state index contributed by atoms with van der Waals surface area (Å²) in [6, 6.07) is 41.6. The summed E-state index contributed by atoms with van der Waals surface area (Å²) >= 11 is 0. The number of furan rings is 1. The van der Waals surface area contributed by atoms with Gasteiger partial charge in [-0.25, -0.2) is 9.55 Å². The summed E-state index contributed by atoms with van der Waals surface area (Å²) < 4.78 is 21.1. The number of imidazole rings is 1. The fourth-order valence-electron chi connectivity index (χ4n) is 9.09. The van der Waals surface area contributed by atoms with Crippen LogP contribution in [0.4, 0.5) is 0 Å². The van der Waals surface area contributed by atoms with Crippen molar-refractivity contribution >= 4 is 33.1 Å². The first-order chi connectivity index (χ1) is 27.3. The highest BCUT2D eigenvalue weighted by atomic mass is 16.3. The lowest BCUT2D eigenvalue weighted by Gasteiger charge is -2.34. The zero-order valence-electron chi connectivity index (χ0n) is 35.2. The third kappa shape index (κ3) is 6.15. The van der Waals surface area contributed by atoms with E-state index < -0.39 is 5.89 Å². The van der Waals surface area contributed by atoms with E-state index in [9.17, 15) is 1.37 Å². The topological polar surface area (TPSA) is 34.8 Å². The van der Waals surface area contributed by atoms with E-state index in [-0.39, 0.29) is 11.8 Å². The molecular weight excluding hydrogens is 683 g/mol. The van der Waals surface area contributed by atoms with Gasteiger partial charge in [0.05, 0.1) is 12.7 Å². The van der Waals surface area contributed by atoms with Gasteiger partial charge in [-0.1, -0.05) is 120 Å². The average molecular weight is 738 g/mol. The molecule has 8 aromatic rings. The van der Waals surface area contributed by atoms with Crippen LogP contribution in [0.5, 0.6) is 0 Å². The van der Waals surface area contributed by atoms with Crippen LogP contribution in [0.25, 0.3) is 72.6 Å². The Hall–Kier alpha value is -5.48. The van der Waals surface area contributed by atoms with Crippen molar-refractivity contribution in [1.82, 2.24) is 9.55 Å². The van der Waals surface area contributed by atoms with Crippen molar-refractivity contribution in [2.45, 2.75) is 91.9 Å². The van der Waals surface area contributed by atoms with Gasteiger partial charge in [-0.05, 0) is 114 Å². The van der Waals surface area contributed by atoms with Gasteiger partial charge < -0.3 is 4.42 Å². The molecule has 3 heterocycles. The molecule has 9 rings (SSSR count). The molecule has 1 aliphatic carbocycles. The number of fused-ring (bicyclic) bond motifs is 4. The van der Waals surface area contributed by atoms with Crippen molar-refractivity contribution in [3.8, 4) is 39.5 Å². The summed E-state index contributed by atoms with van der Waals surface area (Å²) in [6.07, 6.45) is 4.03. The van der Waals surface area contributed by atoms with Gasteiger partial charge >= 0.3 is 0 Å². The highest BCUT2D eigenvalue weighted by molar-refractivity contribution is 6.09. The summed E-state index contributed by atoms with van der Waals surface area (Å²) in [7, 11) is 2.19. The van der Waals surface area contributed by atoms with Crippen molar-refractivity contribution in [3.63, 3.8) is 0 Å². The van der Waals surface area contributed by atoms with Crippen LogP contribution >= 0.6 is 0 Å². The molecule has 0 atom stereocenters. The normalized spacial score (nSPS) is 15.7. The molecule has 1 aliphatic rings. The molecule has 0 unspecified atom stereocenters. The first-order valence-corrected chi connectivity index (χ1v) is 20.5. The van der Waals surface area contributed by atoms with Crippen LogP contribution < -0.4 is 4.57 Å². The summed E-state index contributed by atoms with van der Waals surface area (Å²) in [5.41, 5.74) is 15.7. The second kappa shape index (κ2) is 13.9. The molecule has 0 N–H and O–H groups in total. The SMILES string of the molecule is [2H]C1(c2ccc(-c3cc(C(C)C)c(-n4c(-c5c(C)ccc6c5oc5nc(-c7ccccc7)ccc56)[n+](C)c5ccccc54)c(C(C)C)c3)cc2)CCC(C)(C)CC1. The first kappa shape index (κ1) is 35.0. The second-order valence-electron chi connectivity index (χ2n) is 17.5. The third-order valence-electron chi connectivity index (χ3n) is 12.5. The van der Waals surface area contributed by atoms with Crippen LogP contribution in [0.2, 0.25) is 0 Å². The predicted octanol–water partition coefficient (Wildman–Crippen LogP) is 14.0. The number of benzene rings is 5. The minimum absolute atomic E-state index is 0.252. The van der Waals surface area contributed by atoms with E-state index in [4.69, 9.17) is 9.40 Å². The molecule has 0 aliphatic heterocycles. The van der Waals surface area contributed by atoms with Gasteiger partial charge in [0.2, 0.25) is 5.71 Å². The second-order valence-corrected chi connectivity index (χ2v) is 17.5. The Morgan fingerprint density at radius 1 is 0.750 bits per heavy atom. The predicted molar refractivity (Wildman–Crippen MR) is 234 cm³/mol. The van der Waals surface area contributed by atoms with E-state index in [0.717, 1.165) is 86.8 Å². The Balaban J connectivity index is 1.25. The molecule has 3 aromatic heterocycles. The Morgan fingerprint density at radius 3 is 2.07 bits per heavy atom. The summed E-state index contributed by atoms with van der Waals surface area (Å²) in [6.45, 7) is 16.1. The first-order valence-electron chi connectivity index (χ1n) is 21.0. The third-order valence-corrected chi connectivity index (χ3v) is 12.5. The van der Waals surface area contributed by atoms with Crippen LogP contribution in [0.15, 0.2) is 120 Å². The van der Waals surface area contributed by atoms with E-state index in [1.807, 2.05) is 18.2 Å². The van der Waals surface area contributed by atoms with Gasteiger partial charge in [-0.2, -0.15) is 4.57 Å². The number of pyridine rings is 1. The number of aromatic nitrogens is 3. The fourth-order valence-corrected chi connectivity index (χ4v) is 9.09. The lowest BCUT2D eigenvalue weighted by Crippen LogP contribution is -2.30. The van der Waals surface area contributed by atoms with Crippen molar-refractivity contribution in [2.24, 2.45) is 12.5 Å². The zero-order chi connectivity index (χ0) is 39.8. The van der Waals surface area contributed by atoms with Gasteiger partial charge in [0, 0.05) is 28.8 Å². The lowest BCUT2D eigenvalue weighted by molar-refractivity contribution is -0.633. The number of rotatable bonds is 7. The maximum atomic E-state index is 9.40. The van der Waals surface area contributed by atoms with Crippen LogP contribution in [-0.2, 0) is 7.05 Å². The molecule has 4 heteroatoms. The lowest BCUT2D eigenvalue weighted by atomic mass is 9.71. The quantitative estimate of drug-likeness (QED) is 0.153. The van der Waals surface area contributed by atoms with E-state index in [1.54, 1.807) is 0 Å². The molecule has 5 aromatic carbocycles. The minimum atomic E-state index is -0.507. The van der Waals surface area contributed by atoms with Crippen molar-refractivity contribution in [1.29, 1.82) is 0 Å². The van der Waals surface area contributed by atoms with E-state index in [0.29, 0.717) is 11.1 Å². The molecule has 282 valence electrons. The maximum absolute atomic E-state index is 9.40. The number of aryl methyl sites for hydroxylation is 2. The van der Waals surface area contributed by atoms with Gasteiger partial charge in [-0.15, -0.1) is 0 Å². The molecule has 0 saturated heterocycles. The van der Waals surface area contributed by atoms with Gasteiger partial charge in [0.15, 0.2) is 16.6 Å². The monoisotopic (exact) mass is 737 g/mol. The van der Waals surface area contributed by atoms with Crippen molar-refractivity contribution in [3.05, 3.63) is 138 Å². The summed E-state index contributed by atoms with van der Waals surface area (Å²) in [5.74, 6) is 1.08. The Bertz CT molecular complexity index is 2760. The van der Waals surface area contributed by atoms with Gasteiger partial charge in [-0.3, -0.25) is 0 Å². The highest BCUT2D eigenvalue weighted by Gasteiger charge is 2.34. The molecule has 1 saturated carbocycles. The fraction of sp³-hybridized carbons (Fsp3) is 0.308. The molecule has 0 spiro atoms. The smallest absolute Gasteiger partial charge is 0.299 e. The molecule has 0 bridgehead atoms.